The van der Waals surface area contributed by atoms with Gasteiger partial charge >= 0.3 is 0 Å². The molecule has 34 heavy (non-hydrogen) atoms. The zero-order chi connectivity index (χ0) is 23.1. The number of carbonyl (C=O) groups excluding carboxylic acids is 1. The molecular weight excluding hydrogens is 468 g/mol. The maximum atomic E-state index is 12.2. The molecule has 3 N–H and O–H groups in total. The number of hydrogen-bond donors (Lipinski definition) is 2. The Hall–Kier alpha value is -3.96. The quantitative estimate of drug-likeness (QED) is 0.273. The van der Waals surface area contributed by atoms with Gasteiger partial charge in [-0.05, 0) is 17.7 Å². The first-order valence-electron chi connectivity index (χ1n) is 10.5. The molecule has 0 spiro atoms. The minimum Gasteiger partial charge on any atom is -0.335 e. The van der Waals surface area contributed by atoms with Crippen LogP contribution in [0.25, 0.3) is 28.5 Å². The highest BCUT2D eigenvalue weighted by Gasteiger charge is 2.31. The predicted octanol–water partition coefficient (Wildman–Crippen LogP) is 3.60. The summed E-state index contributed by atoms with van der Waals surface area (Å²) in [6.07, 6.45) is 2.38. The number of rotatable bonds is 6. The van der Waals surface area contributed by atoms with Crippen molar-refractivity contribution in [2.75, 3.05) is 16.9 Å². The van der Waals surface area contributed by atoms with Crippen molar-refractivity contribution in [1.82, 2.24) is 29.6 Å². The summed E-state index contributed by atoms with van der Waals surface area (Å²) in [5, 5.41) is 19.0. The zero-order valence-electron chi connectivity index (χ0n) is 17.8. The zero-order valence-corrected chi connectivity index (χ0v) is 19.4. The van der Waals surface area contributed by atoms with Gasteiger partial charge in [0.05, 0.1) is 17.1 Å². The van der Waals surface area contributed by atoms with Gasteiger partial charge in [-0.25, -0.2) is 14.3 Å². The van der Waals surface area contributed by atoms with Crippen molar-refractivity contribution in [3.05, 3.63) is 77.3 Å². The Bertz CT molecular complexity index is 1490. The van der Waals surface area contributed by atoms with E-state index in [0.717, 1.165) is 28.9 Å². The van der Waals surface area contributed by atoms with Crippen LogP contribution < -0.4 is 11.2 Å². The summed E-state index contributed by atoms with van der Waals surface area (Å²) in [5.74, 6) is 6.79. The van der Waals surface area contributed by atoms with E-state index in [9.17, 15) is 4.79 Å². The van der Waals surface area contributed by atoms with Gasteiger partial charge in [-0.15, -0.1) is 21.5 Å². The molecular formula is C23H18N8OS2. The summed E-state index contributed by atoms with van der Waals surface area (Å²) in [7, 11) is 0. The van der Waals surface area contributed by atoms with Gasteiger partial charge in [0.25, 0.3) is 0 Å². The molecule has 0 bridgehead atoms. The molecule has 11 heteroatoms. The van der Waals surface area contributed by atoms with Gasteiger partial charge in [0.15, 0.2) is 5.13 Å². The number of amides is 1. The highest BCUT2D eigenvalue weighted by Crippen LogP contribution is 2.42. The molecule has 5 aromatic rings. The van der Waals surface area contributed by atoms with E-state index in [1.54, 1.807) is 11.6 Å². The number of thiazole rings is 1. The first-order valence-corrected chi connectivity index (χ1v) is 12.3. The third kappa shape index (κ3) is 3.55. The van der Waals surface area contributed by atoms with Gasteiger partial charge in [-0.2, -0.15) is 5.10 Å². The Morgan fingerprint density at radius 1 is 1.12 bits per heavy atom. The number of hydrogen-bond acceptors (Lipinski definition) is 8. The van der Waals surface area contributed by atoms with Crippen LogP contribution in [0.4, 0.5) is 5.13 Å². The average Bonchev–Trinajstić information content (AvgIpc) is 3.63. The van der Waals surface area contributed by atoms with Crippen LogP contribution in [0.1, 0.15) is 11.1 Å². The average molecular weight is 487 g/mol. The largest absolute Gasteiger partial charge is 0.335 e. The fourth-order valence-electron chi connectivity index (χ4n) is 4.03. The molecule has 0 fully saturated rings. The molecule has 0 radical (unpaired) electrons. The number of fused-ring (bicyclic) bond motifs is 3. The molecule has 0 unspecified atom stereocenters. The van der Waals surface area contributed by atoms with Crippen molar-refractivity contribution in [1.29, 1.82) is 0 Å². The number of carbonyl (C=O) groups is 1. The summed E-state index contributed by atoms with van der Waals surface area (Å²) < 4.78 is 3.35. The number of para-hydroxylation sites is 1. The molecule has 3 heterocycles. The number of anilines is 1. The molecule has 0 atom stereocenters. The number of nitrogen functional groups attached to an aromatic ring is 1. The number of nitrogens with one attached hydrogen (secondary N) is 1. The molecule has 1 amide bonds. The maximum absolute atomic E-state index is 12.2. The first kappa shape index (κ1) is 20.6. The van der Waals surface area contributed by atoms with Crippen molar-refractivity contribution < 1.29 is 4.79 Å². The number of nitrogens with two attached hydrogens (primary N) is 1. The Morgan fingerprint density at radius 2 is 1.94 bits per heavy atom. The van der Waals surface area contributed by atoms with E-state index >= 15 is 0 Å². The molecule has 0 aliphatic heterocycles. The van der Waals surface area contributed by atoms with Crippen LogP contribution >= 0.6 is 23.1 Å². The number of thioether (sulfide) groups is 1. The Morgan fingerprint density at radius 3 is 2.76 bits per heavy atom. The van der Waals surface area contributed by atoms with E-state index in [1.165, 1.54) is 33.3 Å². The summed E-state index contributed by atoms with van der Waals surface area (Å²) in [6.45, 7) is 0. The van der Waals surface area contributed by atoms with Gasteiger partial charge in [0.1, 0.15) is 5.69 Å². The minimum absolute atomic E-state index is 0.136. The van der Waals surface area contributed by atoms with Crippen molar-refractivity contribution >= 4 is 34.1 Å². The summed E-state index contributed by atoms with van der Waals surface area (Å²) in [4.78, 5) is 16.3. The summed E-state index contributed by atoms with van der Waals surface area (Å²) in [6, 6.07) is 18.3. The SMILES string of the molecule is Nn1c(SCC(=O)Nc2nccs2)nnc1-c1nn(-c2ccccc2)c2c1Cc1ccccc1-2. The number of benzene rings is 2. The van der Waals surface area contributed by atoms with Crippen LogP contribution in [0.5, 0.6) is 0 Å². The molecule has 6 rings (SSSR count). The highest BCUT2D eigenvalue weighted by atomic mass is 32.2. The van der Waals surface area contributed by atoms with E-state index in [-0.39, 0.29) is 11.7 Å². The highest BCUT2D eigenvalue weighted by molar-refractivity contribution is 7.99. The van der Waals surface area contributed by atoms with E-state index in [2.05, 4.69) is 32.6 Å². The third-order valence-electron chi connectivity index (χ3n) is 5.51. The second-order valence-electron chi connectivity index (χ2n) is 7.61. The maximum Gasteiger partial charge on any atom is 0.236 e. The van der Waals surface area contributed by atoms with Crippen LogP contribution in [0.2, 0.25) is 0 Å². The van der Waals surface area contributed by atoms with E-state index in [0.29, 0.717) is 21.8 Å². The van der Waals surface area contributed by atoms with Gasteiger partial charge in [0, 0.05) is 29.1 Å². The Kier molecular flexibility index (Phi) is 5.12. The first-order chi connectivity index (χ1) is 16.7. The van der Waals surface area contributed by atoms with Crippen LogP contribution in [0.15, 0.2) is 71.3 Å². The Labute approximate surface area is 202 Å². The van der Waals surface area contributed by atoms with E-state index in [1.807, 2.05) is 47.1 Å². The minimum atomic E-state index is -0.186. The van der Waals surface area contributed by atoms with Crippen LogP contribution in [0.3, 0.4) is 0 Å². The fraction of sp³-hybridized carbons (Fsp3) is 0.0870. The summed E-state index contributed by atoms with van der Waals surface area (Å²) >= 11 is 2.57. The van der Waals surface area contributed by atoms with E-state index in [4.69, 9.17) is 10.9 Å². The molecule has 9 nitrogen and oxygen atoms in total. The second-order valence-corrected chi connectivity index (χ2v) is 9.44. The topological polar surface area (TPSA) is 117 Å². The van der Waals surface area contributed by atoms with Crippen molar-refractivity contribution in [3.63, 3.8) is 0 Å². The molecule has 0 saturated carbocycles. The van der Waals surface area contributed by atoms with Gasteiger partial charge in [-0.1, -0.05) is 54.2 Å². The normalized spacial score (nSPS) is 11.9. The van der Waals surface area contributed by atoms with E-state index < -0.39 is 0 Å². The summed E-state index contributed by atoms with van der Waals surface area (Å²) in [5.41, 5.74) is 6.12. The Balaban J connectivity index is 1.34. The molecule has 168 valence electrons. The predicted molar refractivity (Wildman–Crippen MR) is 132 cm³/mol. The molecule has 2 aromatic carbocycles. The number of nitrogens with zero attached hydrogens (tertiary/aromatic N) is 6. The van der Waals surface area contributed by atoms with Crippen LogP contribution in [-0.2, 0) is 11.2 Å². The van der Waals surface area contributed by atoms with Gasteiger partial charge in [-0.3, -0.25) is 4.79 Å². The third-order valence-corrected chi connectivity index (χ3v) is 7.14. The molecule has 0 saturated heterocycles. The second kappa shape index (κ2) is 8.43. The lowest BCUT2D eigenvalue weighted by Crippen LogP contribution is -2.16. The standard InChI is InChI=1S/C23H18N8OS2/c24-30-21(27-28-23(30)34-13-18(32)26-22-25-10-11-33-22)19-17-12-14-6-4-5-9-16(14)20(17)31(29-19)15-7-2-1-3-8-15/h1-11H,12-13,24H2,(H,25,26,32). The lowest BCUT2D eigenvalue weighted by atomic mass is 10.1. The fourth-order valence-corrected chi connectivity index (χ4v) is 5.24. The molecule has 3 aromatic heterocycles. The van der Waals surface area contributed by atoms with Crippen LogP contribution in [-0.4, -0.2) is 41.3 Å². The van der Waals surface area contributed by atoms with Gasteiger partial charge < -0.3 is 11.2 Å². The van der Waals surface area contributed by atoms with Crippen molar-refractivity contribution in [2.24, 2.45) is 0 Å². The van der Waals surface area contributed by atoms with Gasteiger partial charge in [0.2, 0.25) is 16.9 Å². The monoisotopic (exact) mass is 486 g/mol. The molecule has 1 aliphatic rings. The molecule has 1 aliphatic carbocycles. The smallest absolute Gasteiger partial charge is 0.236 e. The van der Waals surface area contributed by atoms with Crippen molar-refractivity contribution in [2.45, 2.75) is 11.6 Å². The van der Waals surface area contributed by atoms with Crippen LogP contribution in [0, 0.1) is 0 Å². The lowest BCUT2D eigenvalue weighted by molar-refractivity contribution is -0.113. The van der Waals surface area contributed by atoms with Crippen molar-refractivity contribution in [3.8, 4) is 28.5 Å². The lowest BCUT2D eigenvalue weighted by Gasteiger charge is -2.07. The number of aromatic nitrogens is 6.